The monoisotopic (exact) mass is 269 g/mol. The summed E-state index contributed by atoms with van der Waals surface area (Å²) in [6.07, 6.45) is 2.91. The van der Waals surface area contributed by atoms with Gasteiger partial charge in [0.1, 0.15) is 11.5 Å². The van der Waals surface area contributed by atoms with Gasteiger partial charge in [-0.3, -0.25) is 4.79 Å². The first kappa shape index (κ1) is 14.8. The average Bonchev–Trinajstić information content (AvgIpc) is 2.38. The van der Waals surface area contributed by atoms with Crippen molar-refractivity contribution in [2.45, 2.75) is 39.2 Å². The van der Waals surface area contributed by atoms with Crippen LogP contribution in [0.1, 0.15) is 43.6 Å². The van der Waals surface area contributed by atoms with E-state index in [1.165, 1.54) is 0 Å². The molecule has 18 heavy (non-hydrogen) atoms. The average molecular weight is 270 g/mol. The highest BCUT2D eigenvalue weighted by atomic mass is 35.5. The highest BCUT2D eigenvalue weighted by Gasteiger charge is 2.16. The zero-order chi connectivity index (χ0) is 13.5. The quantitative estimate of drug-likeness (QED) is 0.834. The minimum absolute atomic E-state index is 0.179. The molecule has 0 radical (unpaired) electrons. The molecule has 0 bridgehead atoms. The molecule has 2 N–H and O–H groups in total. The summed E-state index contributed by atoms with van der Waals surface area (Å²) in [5.41, 5.74) is 0.276. The number of pyridine rings is 1. The van der Waals surface area contributed by atoms with Crippen LogP contribution in [0.2, 0.25) is 5.02 Å². The van der Waals surface area contributed by atoms with Gasteiger partial charge < -0.3 is 10.6 Å². The van der Waals surface area contributed by atoms with Crippen molar-refractivity contribution in [1.29, 1.82) is 0 Å². The number of halogens is 1. The number of nitrogens with zero attached hydrogens (tertiary/aromatic N) is 1. The molecule has 0 spiro atoms. The highest BCUT2D eigenvalue weighted by Crippen LogP contribution is 2.17. The minimum Gasteiger partial charge on any atom is -0.373 e. The Balaban J connectivity index is 2.82. The second-order valence-corrected chi connectivity index (χ2v) is 4.55. The normalized spacial score (nSPS) is 12.0. The number of anilines is 1. The van der Waals surface area contributed by atoms with Gasteiger partial charge >= 0.3 is 0 Å². The number of hydrogen-bond acceptors (Lipinski definition) is 3. The summed E-state index contributed by atoms with van der Waals surface area (Å²) in [7, 11) is 1.75. The molecule has 1 amide bonds. The Morgan fingerprint density at radius 3 is 2.72 bits per heavy atom. The maximum absolute atomic E-state index is 12.1. The molecular formula is C13H20ClN3O. The lowest BCUT2D eigenvalue weighted by atomic mass is 10.1. The topological polar surface area (TPSA) is 54.0 Å². The van der Waals surface area contributed by atoms with Gasteiger partial charge in [-0.2, -0.15) is 0 Å². The van der Waals surface area contributed by atoms with Crippen LogP contribution in [0.4, 0.5) is 5.82 Å². The lowest BCUT2D eigenvalue weighted by Crippen LogP contribution is -2.35. The SMILES string of the molecule is CCCC(CC)NC(=O)c1nc(NC)ccc1Cl. The number of amides is 1. The van der Waals surface area contributed by atoms with Gasteiger partial charge in [-0.1, -0.05) is 31.9 Å². The van der Waals surface area contributed by atoms with Gasteiger partial charge in [0.2, 0.25) is 0 Å². The second-order valence-electron chi connectivity index (χ2n) is 4.14. The third kappa shape index (κ3) is 3.88. The van der Waals surface area contributed by atoms with Crippen LogP contribution in [0, 0.1) is 0 Å². The Kier molecular flexibility index (Phi) is 5.92. The molecular weight excluding hydrogens is 250 g/mol. The van der Waals surface area contributed by atoms with Crippen molar-refractivity contribution in [3.05, 3.63) is 22.8 Å². The zero-order valence-corrected chi connectivity index (χ0v) is 11.8. The van der Waals surface area contributed by atoms with E-state index in [9.17, 15) is 4.79 Å². The van der Waals surface area contributed by atoms with E-state index < -0.39 is 0 Å². The number of aromatic nitrogens is 1. The number of carbonyl (C=O) groups is 1. The summed E-state index contributed by atoms with van der Waals surface area (Å²) < 4.78 is 0. The fourth-order valence-corrected chi connectivity index (χ4v) is 1.91. The van der Waals surface area contributed by atoms with Crippen molar-refractivity contribution in [3.8, 4) is 0 Å². The summed E-state index contributed by atoms with van der Waals surface area (Å²) in [5.74, 6) is 0.422. The van der Waals surface area contributed by atoms with Crippen LogP contribution in [-0.4, -0.2) is 24.0 Å². The predicted molar refractivity (Wildman–Crippen MR) is 75.2 cm³/mol. The first-order chi connectivity index (χ1) is 8.62. The third-order valence-electron chi connectivity index (χ3n) is 2.78. The smallest absolute Gasteiger partial charge is 0.271 e. The van der Waals surface area contributed by atoms with Crippen LogP contribution in [0.15, 0.2) is 12.1 Å². The molecule has 0 aromatic carbocycles. The molecule has 0 aliphatic heterocycles. The standard InChI is InChI=1S/C13H20ClN3O/c1-4-6-9(5-2)16-13(18)12-10(14)7-8-11(15-3)17-12/h7-9H,4-6H2,1-3H3,(H,15,17)(H,16,18). The molecule has 1 unspecified atom stereocenters. The number of nitrogens with one attached hydrogen (secondary N) is 2. The molecule has 1 aromatic heterocycles. The highest BCUT2D eigenvalue weighted by molar-refractivity contribution is 6.33. The van der Waals surface area contributed by atoms with Crippen LogP contribution in [0.3, 0.4) is 0 Å². The van der Waals surface area contributed by atoms with E-state index in [2.05, 4.69) is 29.5 Å². The van der Waals surface area contributed by atoms with Crippen LogP contribution >= 0.6 is 11.6 Å². The molecule has 1 heterocycles. The third-order valence-corrected chi connectivity index (χ3v) is 3.09. The Bertz CT molecular complexity index is 409. The second kappa shape index (κ2) is 7.21. The maximum atomic E-state index is 12.1. The van der Waals surface area contributed by atoms with Crippen molar-refractivity contribution >= 4 is 23.3 Å². The van der Waals surface area contributed by atoms with Crippen molar-refractivity contribution in [3.63, 3.8) is 0 Å². The molecule has 1 rings (SSSR count). The van der Waals surface area contributed by atoms with Crippen LogP contribution in [0.25, 0.3) is 0 Å². The summed E-state index contributed by atoms with van der Waals surface area (Å²) in [6, 6.07) is 3.59. The molecule has 0 saturated heterocycles. The van der Waals surface area contributed by atoms with Gasteiger partial charge in [0, 0.05) is 13.1 Å². The Morgan fingerprint density at radius 2 is 2.17 bits per heavy atom. The van der Waals surface area contributed by atoms with Gasteiger partial charge in [-0.15, -0.1) is 0 Å². The van der Waals surface area contributed by atoms with E-state index in [4.69, 9.17) is 11.6 Å². The van der Waals surface area contributed by atoms with E-state index in [0.29, 0.717) is 10.8 Å². The van der Waals surface area contributed by atoms with E-state index in [1.54, 1.807) is 19.2 Å². The Labute approximate surface area is 113 Å². The summed E-state index contributed by atoms with van der Waals surface area (Å²) in [4.78, 5) is 16.3. The molecule has 0 fully saturated rings. The molecule has 1 aromatic rings. The maximum Gasteiger partial charge on any atom is 0.271 e. The molecule has 1 atom stereocenters. The molecule has 0 aliphatic carbocycles. The first-order valence-electron chi connectivity index (χ1n) is 6.27. The number of carbonyl (C=O) groups excluding carboxylic acids is 1. The van der Waals surface area contributed by atoms with Gasteiger partial charge in [-0.05, 0) is 25.0 Å². The first-order valence-corrected chi connectivity index (χ1v) is 6.65. The predicted octanol–water partition coefficient (Wildman–Crippen LogP) is 3.09. The van der Waals surface area contributed by atoms with Gasteiger partial charge in [0.05, 0.1) is 5.02 Å². The van der Waals surface area contributed by atoms with Crippen LogP contribution < -0.4 is 10.6 Å². The molecule has 0 aliphatic rings. The molecule has 5 heteroatoms. The zero-order valence-electron chi connectivity index (χ0n) is 11.1. The lowest BCUT2D eigenvalue weighted by molar-refractivity contribution is 0.0929. The van der Waals surface area contributed by atoms with Crippen LogP contribution in [-0.2, 0) is 0 Å². The fraction of sp³-hybridized carbons (Fsp3) is 0.538. The van der Waals surface area contributed by atoms with E-state index in [-0.39, 0.29) is 17.6 Å². The molecule has 4 nitrogen and oxygen atoms in total. The van der Waals surface area contributed by atoms with Crippen molar-refractivity contribution in [2.24, 2.45) is 0 Å². The van der Waals surface area contributed by atoms with E-state index >= 15 is 0 Å². The van der Waals surface area contributed by atoms with Gasteiger partial charge in [0.25, 0.3) is 5.91 Å². The Morgan fingerprint density at radius 1 is 1.44 bits per heavy atom. The van der Waals surface area contributed by atoms with Crippen molar-refractivity contribution in [1.82, 2.24) is 10.3 Å². The summed E-state index contributed by atoms with van der Waals surface area (Å²) in [5, 5.41) is 6.23. The lowest BCUT2D eigenvalue weighted by Gasteiger charge is -2.16. The summed E-state index contributed by atoms with van der Waals surface area (Å²) >= 11 is 6.00. The molecule has 0 saturated carbocycles. The van der Waals surface area contributed by atoms with Crippen molar-refractivity contribution < 1.29 is 4.79 Å². The molecule has 100 valence electrons. The van der Waals surface area contributed by atoms with E-state index in [1.807, 2.05) is 0 Å². The van der Waals surface area contributed by atoms with Gasteiger partial charge in [0.15, 0.2) is 0 Å². The Hall–Kier alpha value is -1.29. The fourth-order valence-electron chi connectivity index (χ4n) is 1.72. The van der Waals surface area contributed by atoms with Crippen LogP contribution in [0.5, 0.6) is 0 Å². The number of rotatable bonds is 6. The largest absolute Gasteiger partial charge is 0.373 e. The van der Waals surface area contributed by atoms with Crippen molar-refractivity contribution in [2.75, 3.05) is 12.4 Å². The van der Waals surface area contributed by atoms with E-state index in [0.717, 1.165) is 19.3 Å². The summed E-state index contributed by atoms with van der Waals surface area (Å²) in [6.45, 7) is 4.15. The van der Waals surface area contributed by atoms with Gasteiger partial charge in [-0.25, -0.2) is 4.98 Å². The minimum atomic E-state index is -0.211. The number of hydrogen-bond donors (Lipinski definition) is 2.